The Bertz CT molecular complexity index is 951. The lowest BCUT2D eigenvalue weighted by Crippen LogP contribution is -2.01. The molecule has 0 atom stereocenters. The third-order valence-electron chi connectivity index (χ3n) is 3.34. The first kappa shape index (κ1) is 15.9. The molecule has 0 aliphatic carbocycles. The van der Waals surface area contributed by atoms with E-state index in [9.17, 15) is 14.5 Å². The third-order valence-corrected chi connectivity index (χ3v) is 3.63. The van der Waals surface area contributed by atoms with Gasteiger partial charge >= 0.3 is 5.69 Å². The van der Waals surface area contributed by atoms with Crippen molar-refractivity contribution >= 4 is 39.7 Å². The number of benzene rings is 2. The molecule has 24 heavy (non-hydrogen) atoms. The molecule has 0 radical (unpaired) electrons. The zero-order valence-electron chi connectivity index (χ0n) is 12.3. The summed E-state index contributed by atoms with van der Waals surface area (Å²) in [5, 5.41) is 14.2. The lowest BCUT2D eigenvalue weighted by molar-refractivity contribution is -0.385. The highest BCUT2D eigenvalue weighted by Crippen LogP contribution is 2.38. The van der Waals surface area contributed by atoms with Gasteiger partial charge in [0, 0.05) is 6.07 Å². The van der Waals surface area contributed by atoms with E-state index in [1.165, 1.54) is 37.7 Å². The quantitative estimate of drug-likeness (QED) is 0.564. The van der Waals surface area contributed by atoms with Gasteiger partial charge < -0.3 is 10.1 Å². The van der Waals surface area contributed by atoms with Crippen molar-refractivity contribution in [2.24, 2.45) is 0 Å². The molecular weight excluding hydrogens is 339 g/mol. The van der Waals surface area contributed by atoms with E-state index in [1.807, 2.05) is 0 Å². The lowest BCUT2D eigenvalue weighted by atomic mass is 10.1. The van der Waals surface area contributed by atoms with Crippen LogP contribution in [0.15, 0.2) is 36.7 Å². The predicted octanol–water partition coefficient (Wildman–Crippen LogP) is 4.08. The number of anilines is 2. The molecule has 0 saturated carbocycles. The van der Waals surface area contributed by atoms with Gasteiger partial charge in [-0.1, -0.05) is 17.7 Å². The number of methoxy groups -OCH3 is 1. The van der Waals surface area contributed by atoms with Gasteiger partial charge in [0.15, 0.2) is 5.82 Å². The van der Waals surface area contributed by atoms with Crippen molar-refractivity contribution < 1.29 is 14.1 Å². The second kappa shape index (κ2) is 6.25. The number of nitrogens with zero attached hydrogens (tertiary/aromatic N) is 3. The summed E-state index contributed by atoms with van der Waals surface area (Å²) >= 11 is 5.76. The lowest BCUT2D eigenvalue weighted by Gasteiger charge is -2.12. The Hall–Kier alpha value is -3.00. The van der Waals surface area contributed by atoms with Crippen molar-refractivity contribution in [1.82, 2.24) is 9.97 Å². The van der Waals surface area contributed by atoms with E-state index in [0.717, 1.165) is 0 Å². The smallest absolute Gasteiger partial charge is 0.311 e. The number of aromatic nitrogens is 2. The van der Waals surface area contributed by atoms with E-state index in [1.54, 1.807) is 6.07 Å². The van der Waals surface area contributed by atoms with Gasteiger partial charge in [-0.05, 0) is 18.2 Å². The second-order valence-electron chi connectivity index (χ2n) is 4.72. The fraction of sp³-hybridized carbons (Fsp3) is 0.0667. The molecule has 0 fully saturated rings. The molecule has 0 aliphatic rings. The van der Waals surface area contributed by atoms with Crippen molar-refractivity contribution in [2.45, 2.75) is 0 Å². The standard InChI is InChI=1S/C15H10ClFN4O3/c1-24-14-11(21(22)23)6-5-9-12(14)15(19-7-18-9)20-10-4-2-3-8(16)13(10)17/h2-7H,1H3,(H,18,19,20). The Balaban J connectivity index is 2.22. The summed E-state index contributed by atoms with van der Waals surface area (Å²) in [5.74, 6) is -0.500. The van der Waals surface area contributed by atoms with Gasteiger partial charge in [0.2, 0.25) is 5.75 Å². The Morgan fingerprint density at radius 1 is 1.29 bits per heavy atom. The zero-order valence-corrected chi connectivity index (χ0v) is 13.0. The molecule has 122 valence electrons. The average Bonchev–Trinajstić information content (AvgIpc) is 2.58. The molecule has 0 spiro atoms. The average molecular weight is 349 g/mol. The van der Waals surface area contributed by atoms with Gasteiger partial charge in [0.25, 0.3) is 0 Å². The molecular formula is C15H10ClFN4O3. The summed E-state index contributed by atoms with van der Waals surface area (Å²) in [4.78, 5) is 18.7. The number of hydrogen-bond acceptors (Lipinski definition) is 6. The van der Waals surface area contributed by atoms with Crippen molar-refractivity contribution in [2.75, 3.05) is 12.4 Å². The minimum absolute atomic E-state index is 0.0111. The summed E-state index contributed by atoms with van der Waals surface area (Å²) < 4.78 is 19.3. The number of fused-ring (bicyclic) bond motifs is 1. The van der Waals surface area contributed by atoms with Gasteiger partial charge in [0.05, 0.1) is 33.6 Å². The summed E-state index contributed by atoms with van der Waals surface area (Å²) in [5.41, 5.74) is 0.253. The zero-order chi connectivity index (χ0) is 17.3. The van der Waals surface area contributed by atoms with Gasteiger partial charge in [0.1, 0.15) is 12.1 Å². The van der Waals surface area contributed by atoms with E-state index in [2.05, 4.69) is 15.3 Å². The monoisotopic (exact) mass is 348 g/mol. The maximum absolute atomic E-state index is 14.1. The highest BCUT2D eigenvalue weighted by molar-refractivity contribution is 6.31. The predicted molar refractivity (Wildman–Crippen MR) is 87.4 cm³/mol. The van der Waals surface area contributed by atoms with Crippen molar-refractivity contribution in [3.8, 4) is 5.75 Å². The highest BCUT2D eigenvalue weighted by Gasteiger charge is 2.22. The minimum Gasteiger partial charge on any atom is -0.490 e. The molecule has 2 aromatic carbocycles. The van der Waals surface area contributed by atoms with E-state index in [4.69, 9.17) is 16.3 Å². The minimum atomic E-state index is -0.657. The fourth-order valence-corrected chi connectivity index (χ4v) is 2.46. The Kier molecular flexibility index (Phi) is 4.13. The molecule has 0 unspecified atom stereocenters. The van der Waals surface area contributed by atoms with E-state index in [0.29, 0.717) is 5.52 Å². The largest absolute Gasteiger partial charge is 0.490 e. The normalized spacial score (nSPS) is 10.6. The summed E-state index contributed by atoms with van der Waals surface area (Å²) in [6.07, 6.45) is 1.26. The van der Waals surface area contributed by atoms with Crippen molar-refractivity contribution in [3.05, 3.63) is 57.6 Å². The van der Waals surface area contributed by atoms with Gasteiger partial charge in [-0.3, -0.25) is 10.1 Å². The number of nitrogens with one attached hydrogen (secondary N) is 1. The molecule has 1 N–H and O–H groups in total. The molecule has 7 nitrogen and oxygen atoms in total. The summed E-state index contributed by atoms with van der Waals surface area (Å²) in [7, 11) is 1.30. The molecule has 9 heteroatoms. The van der Waals surface area contributed by atoms with Crippen LogP contribution in [0.5, 0.6) is 5.75 Å². The van der Waals surface area contributed by atoms with Crippen LogP contribution in [-0.4, -0.2) is 22.0 Å². The van der Waals surface area contributed by atoms with E-state index in [-0.39, 0.29) is 33.4 Å². The summed E-state index contributed by atoms with van der Waals surface area (Å²) in [6.45, 7) is 0. The van der Waals surface area contributed by atoms with Crippen LogP contribution in [0.3, 0.4) is 0 Å². The van der Waals surface area contributed by atoms with Gasteiger partial charge in [-0.2, -0.15) is 0 Å². The van der Waals surface area contributed by atoms with Crippen molar-refractivity contribution in [1.29, 1.82) is 0 Å². The Labute approximate surface area is 140 Å². The van der Waals surface area contributed by atoms with Crippen LogP contribution in [0.4, 0.5) is 21.6 Å². The van der Waals surface area contributed by atoms with E-state index < -0.39 is 10.7 Å². The molecule has 0 aliphatic heterocycles. The number of halogens is 2. The SMILES string of the molecule is COc1c([N+](=O)[O-])ccc2ncnc(Nc3cccc(Cl)c3F)c12. The molecule has 0 bridgehead atoms. The highest BCUT2D eigenvalue weighted by atomic mass is 35.5. The Morgan fingerprint density at radius 3 is 2.79 bits per heavy atom. The first-order valence-corrected chi connectivity index (χ1v) is 7.08. The molecule has 1 heterocycles. The van der Waals surface area contributed by atoms with Crippen LogP contribution in [-0.2, 0) is 0 Å². The summed E-state index contributed by atoms with van der Waals surface area (Å²) in [6, 6.07) is 7.20. The number of nitro groups is 1. The van der Waals surface area contributed by atoms with E-state index >= 15 is 0 Å². The van der Waals surface area contributed by atoms with Gasteiger partial charge in [-0.15, -0.1) is 0 Å². The number of ether oxygens (including phenoxy) is 1. The number of rotatable bonds is 4. The van der Waals surface area contributed by atoms with Crippen LogP contribution in [0.25, 0.3) is 10.9 Å². The molecule has 3 aromatic rings. The topological polar surface area (TPSA) is 90.2 Å². The molecule has 0 saturated heterocycles. The van der Waals surface area contributed by atoms with Crippen LogP contribution in [0.2, 0.25) is 5.02 Å². The van der Waals surface area contributed by atoms with Gasteiger partial charge in [-0.25, -0.2) is 14.4 Å². The second-order valence-corrected chi connectivity index (χ2v) is 5.13. The fourth-order valence-electron chi connectivity index (χ4n) is 2.28. The van der Waals surface area contributed by atoms with Crippen LogP contribution >= 0.6 is 11.6 Å². The van der Waals surface area contributed by atoms with Crippen molar-refractivity contribution in [3.63, 3.8) is 0 Å². The first-order valence-electron chi connectivity index (χ1n) is 6.70. The maximum Gasteiger partial charge on any atom is 0.311 e. The molecule has 1 aromatic heterocycles. The maximum atomic E-state index is 14.1. The Morgan fingerprint density at radius 2 is 2.08 bits per heavy atom. The molecule has 0 amide bonds. The van der Waals surface area contributed by atoms with Crippen LogP contribution in [0.1, 0.15) is 0 Å². The molecule has 3 rings (SSSR count). The van der Waals surface area contributed by atoms with Crippen LogP contribution in [0, 0.1) is 15.9 Å². The first-order chi connectivity index (χ1) is 11.5. The number of nitro benzene ring substituents is 1. The van der Waals surface area contributed by atoms with Crippen LogP contribution < -0.4 is 10.1 Å². The third kappa shape index (κ3) is 2.67. The number of hydrogen-bond donors (Lipinski definition) is 1.